The van der Waals surface area contributed by atoms with Crippen molar-refractivity contribution >= 4 is 17.9 Å². The molecule has 0 rings (SSSR count). The zero-order chi connectivity index (χ0) is 14.7. The van der Waals surface area contributed by atoms with E-state index < -0.39 is 24.1 Å². The largest absolute Gasteiger partial charge is 0.480 e. The Kier molecular flexibility index (Phi) is 10.6. The molecule has 0 aliphatic rings. The van der Waals surface area contributed by atoms with Gasteiger partial charge in [-0.1, -0.05) is 0 Å². The summed E-state index contributed by atoms with van der Waals surface area (Å²) in [7, 11) is 0. The summed E-state index contributed by atoms with van der Waals surface area (Å²) in [6.45, 7) is 1.68. The Bertz CT molecular complexity index is 282. The van der Waals surface area contributed by atoms with E-state index in [4.69, 9.17) is 32.2 Å². The average Bonchev–Trinajstić information content (AvgIpc) is 2.24. The molecule has 9 heteroatoms. The van der Waals surface area contributed by atoms with Crippen LogP contribution in [0.5, 0.6) is 0 Å². The second-order valence-corrected chi connectivity index (χ2v) is 3.44. The molecule has 0 heterocycles. The van der Waals surface area contributed by atoms with Gasteiger partial charge in [0.15, 0.2) is 5.96 Å². The van der Waals surface area contributed by atoms with E-state index in [2.05, 4.69) is 5.32 Å². The third kappa shape index (κ3) is 14.1. The van der Waals surface area contributed by atoms with Gasteiger partial charge in [0.2, 0.25) is 0 Å². The van der Waals surface area contributed by atoms with Crippen LogP contribution < -0.4 is 16.8 Å². The van der Waals surface area contributed by atoms with Crippen LogP contribution in [-0.4, -0.2) is 51.9 Å². The zero-order valence-corrected chi connectivity index (χ0v) is 10.1. The monoisotopic (exact) mass is 264 g/mol. The van der Waals surface area contributed by atoms with Gasteiger partial charge in [0.25, 0.3) is 0 Å². The average molecular weight is 264 g/mol. The summed E-state index contributed by atoms with van der Waals surface area (Å²) in [6.07, 6.45) is -0.257. The summed E-state index contributed by atoms with van der Waals surface area (Å²) in [5.41, 5.74) is 10.2. The van der Waals surface area contributed by atoms with Crippen molar-refractivity contribution in [2.75, 3.05) is 6.54 Å². The van der Waals surface area contributed by atoms with Crippen molar-refractivity contribution in [3.05, 3.63) is 0 Å². The van der Waals surface area contributed by atoms with Crippen LogP contribution in [0.1, 0.15) is 19.8 Å². The highest BCUT2D eigenvalue weighted by molar-refractivity contribution is 5.74. The maximum atomic E-state index is 10.2. The smallest absolute Gasteiger partial charge is 0.332 e. The molecule has 0 bridgehead atoms. The number of nitrogens with one attached hydrogen (secondary N) is 2. The predicted octanol–water partition coefficient (Wildman–Crippen LogP) is -1.89. The number of aliphatic carboxylic acids is 2. The van der Waals surface area contributed by atoms with Gasteiger partial charge in [-0.25, -0.2) is 4.79 Å². The molecule has 0 aromatic carbocycles. The van der Waals surface area contributed by atoms with Gasteiger partial charge in [0.1, 0.15) is 12.1 Å². The normalized spacial score (nSPS) is 12.6. The van der Waals surface area contributed by atoms with Crippen molar-refractivity contribution in [2.24, 2.45) is 11.5 Å². The molecule has 1 unspecified atom stereocenters. The Morgan fingerprint density at radius 2 is 1.78 bits per heavy atom. The number of carboxylic acid groups (broad SMARTS) is 2. The molecule has 0 spiro atoms. The number of carboxylic acids is 2. The number of carbonyl (C=O) groups is 2. The fraction of sp³-hybridized carbons (Fsp3) is 0.667. The van der Waals surface area contributed by atoms with E-state index >= 15 is 0 Å². The Hall–Kier alpha value is -1.87. The Labute approximate surface area is 104 Å². The first kappa shape index (κ1) is 18.5. The van der Waals surface area contributed by atoms with Crippen LogP contribution >= 0.6 is 0 Å². The van der Waals surface area contributed by atoms with Crippen LogP contribution in [0.15, 0.2) is 0 Å². The molecule has 9 nitrogen and oxygen atoms in total. The summed E-state index contributed by atoms with van der Waals surface area (Å²) in [4.78, 5) is 19.7. The summed E-state index contributed by atoms with van der Waals surface area (Å²) in [5.74, 6) is -2.30. The fourth-order valence-corrected chi connectivity index (χ4v) is 0.669. The second-order valence-electron chi connectivity index (χ2n) is 3.44. The van der Waals surface area contributed by atoms with Gasteiger partial charge in [-0.2, -0.15) is 0 Å². The summed E-state index contributed by atoms with van der Waals surface area (Å²) >= 11 is 0. The van der Waals surface area contributed by atoms with Crippen LogP contribution in [0, 0.1) is 5.41 Å². The summed E-state index contributed by atoms with van der Waals surface area (Å²) in [5, 5.41) is 33.5. The minimum atomic E-state index is -1.23. The molecule has 106 valence electrons. The maximum Gasteiger partial charge on any atom is 0.332 e. The van der Waals surface area contributed by atoms with E-state index in [0.717, 1.165) is 0 Å². The van der Waals surface area contributed by atoms with Crippen LogP contribution in [0.4, 0.5) is 0 Å². The zero-order valence-electron chi connectivity index (χ0n) is 10.1. The molecule has 0 radical (unpaired) electrons. The molecular formula is C9H20N4O5. The van der Waals surface area contributed by atoms with Crippen molar-refractivity contribution in [1.29, 1.82) is 5.41 Å². The lowest BCUT2D eigenvalue weighted by atomic mass is 10.2. The molecule has 0 aromatic heterocycles. The second kappa shape index (κ2) is 10.3. The predicted molar refractivity (Wildman–Crippen MR) is 64.1 cm³/mol. The quantitative estimate of drug-likeness (QED) is 0.165. The van der Waals surface area contributed by atoms with E-state index in [1.165, 1.54) is 6.92 Å². The first-order valence-electron chi connectivity index (χ1n) is 5.15. The topological polar surface area (TPSA) is 183 Å². The highest BCUT2D eigenvalue weighted by Gasteiger charge is 2.09. The third-order valence-corrected chi connectivity index (χ3v) is 1.68. The molecule has 18 heavy (non-hydrogen) atoms. The van der Waals surface area contributed by atoms with Gasteiger partial charge < -0.3 is 32.1 Å². The first-order valence-corrected chi connectivity index (χ1v) is 5.15. The number of rotatable bonds is 6. The number of aliphatic hydroxyl groups is 1. The van der Waals surface area contributed by atoms with E-state index in [0.29, 0.717) is 19.4 Å². The number of nitrogens with two attached hydrogens (primary N) is 2. The van der Waals surface area contributed by atoms with Crippen molar-refractivity contribution in [3.8, 4) is 0 Å². The van der Waals surface area contributed by atoms with Crippen LogP contribution in [-0.2, 0) is 9.59 Å². The lowest BCUT2D eigenvalue weighted by molar-refractivity contribution is -0.145. The van der Waals surface area contributed by atoms with E-state index in [9.17, 15) is 9.59 Å². The lowest BCUT2D eigenvalue weighted by Gasteiger charge is -2.06. The molecule has 0 saturated carbocycles. The van der Waals surface area contributed by atoms with Gasteiger partial charge in [-0.05, 0) is 19.8 Å². The molecule has 0 aromatic rings. The van der Waals surface area contributed by atoms with Crippen molar-refractivity contribution in [1.82, 2.24) is 5.32 Å². The Balaban J connectivity index is 0. The number of aliphatic hydroxyl groups excluding tert-OH is 1. The minimum Gasteiger partial charge on any atom is -0.480 e. The van der Waals surface area contributed by atoms with E-state index in [-0.39, 0.29) is 5.96 Å². The van der Waals surface area contributed by atoms with Crippen molar-refractivity contribution < 1.29 is 24.9 Å². The third-order valence-electron chi connectivity index (χ3n) is 1.68. The van der Waals surface area contributed by atoms with Gasteiger partial charge in [0, 0.05) is 6.54 Å². The highest BCUT2D eigenvalue weighted by Crippen LogP contribution is 1.92. The molecular weight excluding hydrogens is 244 g/mol. The van der Waals surface area contributed by atoms with E-state index in [1.807, 2.05) is 0 Å². The molecule has 2 atom stereocenters. The van der Waals surface area contributed by atoms with E-state index in [1.54, 1.807) is 0 Å². The number of hydrogen-bond donors (Lipinski definition) is 7. The van der Waals surface area contributed by atoms with Gasteiger partial charge in [0.05, 0.1) is 0 Å². The number of hydrogen-bond acceptors (Lipinski definition) is 5. The minimum absolute atomic E-state index is 0.112. The van der Waals surface area contributed by atoms with Crippen LogP contribution in [0.2, 0.25) is 0 Å². The Morgan fingerprint density at radius 3 is 2.06 bits per heavy atom. The fourth-order valence-electron chi connectivity index (χ4n) is 0.669. The molecule has 9 N–H and O–H groups in total. The number of guanidine groups is 1. The maximum absolute atomic E-state index is 10.2. The molecule has 0 saturated heterocycles. The Morgan fingerprint density at radius 1 is 1.33 bits per heavy atom. The first-order chi connectivity index (χ1) is 8.18. The van der Waals surface area contributed by atoms with Gasteiger partial charge in [-0.15, -0.1) is 0 Å². The van der Waals surface area contributed by atoms with Crippen molar-refractivity contribution in [2.45, 2.75) is 31.9 Å². The van der Waals surface area contributed by atoms with Crippen molar-refractivity contribution in [3.63, 3.8) is 0 Å². The molecule has 0 aliphatic heterocycles. The molecule has 0 fully saturated rings. The SMILES string of the molecule is CC(O)C(=O)O.N=C(N)NCCC[C@H](N)C(=O)O. The highest BCUT2D eigenvalue weighted by atomic mass is 16.4. The summed E-state index contributed by atoms with van der Waals surface area (Å²) < 4.78 is 0. The van der Waals surface area contributed by atoms with Crippen LogP contribution in [0.3, 0.4) is 0 Å². The molecule has 0 aliphatic carbocycles. The van der Waals surface area contributed by atoms with Gasteiger partial charge >= 0.3 is 11.9 Å². The summed E-state index contributed by atoms with van der Waals surface area (Å²) in [6, 6.07) is -0.821. The lowest BCUT2D eigenvalue weighted by Crippen LogP contribution is -2.34. The van der Waals surface area contributed by atoms with Gasteiger partial charge in [-0.3, -0.25) is 10.2 Å². The molecule has 0 amide bonds. The van der Waals surface area contributed by atoms with Crippen LogP contribution in [0.25, 0.3) is 0 Å². The standard InChI is InChI=1S/C6H14N4O2.C3H6O3/c7-4(5(11)12)2-1-3-10-6(8)9;1-2(4)3(5)6/h4H,1-3,7H2,(H,11,12)(H4,8,9,10);2,4H,1H3,(H,5,6)/t4-;/m0./s1.